The van der Waals surface area contributed by atoms with Gasteiger partial charge in [0.15, 0.2) is 0 Å². The molecule has 2 aliphatic rings. The molecule has 0 fully saturated rings. The molecule has 0 nitrogen and oxygen atoms in total. The SMILES string of the molecule is C.C1=CCC[CH-]C1.[C-]1=CC=CC1.[Cl-].[Cl-].[Zr+2].c1ccc2c(c1)[cH-]c1ccccc12. The number of fused-ring (bicyclic) bond motifs is 3. The molecule has 0 bridgehead atoms. The maximum absolute atomic E-state index is 2.99. The van der Waals surface area contributed by atoms with Gasteiger partial charge >= 0.3 is 26.2 Å². The second kappa shape index (κ2) is 16.9. The van der Waals surface area contributed by atoms with E-state index in [0.29, 0.717) is 0 Å². The topological polar surface area (TPSA) is 0 Å². The molecule has 0 saturated carbocycles. The zero-order chi connectivity index (χ0) is 16.5. The van der Waals surface area contributed by atoms with Crippen molar-refractivity contribution >= 4 is 21.5 Å². The minimum absolute atomic E-state index is 0. The molecule has 0 aromatic heterocycles. The third-order valence-electron chi connectivity index (χ3n) is 4.12. The molecule has 0 radical (unpaired) electrons. The van der Waals surface area contributed by atoms with E-state index in [0.717, 1.165) is 6.42 Å². The van der Waals surface area contributed by atoms with Gasteiger partial charge in [0.25, 0.3) is 0 Å². The molecular formula is C25H27Cl2Zr-3. The van der Waals surface area contributed by atoms with Crippen LogP contribution < -0.4 is 24.8 Å². The number of halogens is 2. The van der Waals surface area contributed by atoms with Gasteiger partial charge in [-0.2, -0.15) is 18.9 Å². The molecular weight excluding hydrogens is 462 g/mol. The predicted octanol–water partition coefficient (Wildman–Crippen LogP) is 1.59. The van der Waals surface area contributed by atoms with Crippen molar-refractivity contribution in [2.45, 2.75) is 33.1 Å². The maximum Gasteiger partial charge on any atom is 2.00 e. The summed E-state index contributed by atoms with van der Waals surface area (Å²) >= 11 is 0. The molecule has 0 N–H and O–H groups in total. The molecule has 3 heteroatoms. The van der Waals surface area contributed by atoms with Crippen LogP contribution in [0.15, 0.2) is 85.0 Å². The van der Waals surface area contributed by atoms with E-state index in [1.807, 2.05) is 12.2 Å². The molecule has 28 heavy (non-hydrogen) atoms. The second-order valence-electron chi connectivity index (χ2n) is 5.90. The Bertz CT molecular complexity index is 791. The van der Waals surface area contributed by atoms with E-state index >= 15 is 0 Å². The van der Waals surface area contributed by atoms with Gasteiger partial charge in [0.2, 0.25) is 0 Å². The van der Waals surface area contributed by atoms with Crippen molar-refractivity contribution in [3.05, 3.63) is 97.5 Å². The molecule has 0 saturated heterocycles. The molecule has 0 atom stereocenters. The summed E-state index contributed by atoms with van der Waals surface area (Å²) < 4.78 is 0. The van der Waals surface area contributed by atoms with E-state index in [-0.39, 0.29) is 58.4 Å². The van der Waals surface area contributed by atoms with Gasteiger partial charge in [0, 0.05) is 0 Å². The van der Waals surface area contributed by atoms with Crippen LogP contribution in [0.5, 0.6) is 0 Å². The summed E-state index contributed by atoms with van der Waals surface area (Å²) in [6.45, 7) is 0. The van der Waals surface area contributed by atoms with Gasteiger partial charge in [-0.3, -0.25) is 6.08 Å². The zero-order valence-electron chi connectivity index (χ0n) is 15.2. The quantitative estimate of drug-likeness (QED) is 0.333. The molecule has 0 aliphatic heterocycles. The van der Waals surface area contributed by atoms with Crippen LogP contribution in [-0.4, -0.2) is 0 Å². The number of hydrogen-bond donors (Lipinski definition) is 0. The number of allylic oxidation sites excluding steroid dienone is 6. The molecule has 0 unspecified atom stereocenters. The summed E-state index contributed by atoms with van der Waals surface area (Å²) in [5.41, 5.74) is 0. The number of benzene rings is 2. The van der Waals surface area contributed by atoms with Crippen LogP contribution in [0.2, 0.25) is 0 Å². The largest absolute Gasteiger partial charge is 2.00 e. The smallest absolute Gasteiger partial charge is 1.00 e. The summed E-state index contributed by atoms with van der Waals surface area (Å²) in [7, 11) is 0. The standard InChI is InChI=1S/C13H9.C6H9.C5H5.CH4.2ClH.Zr/c1-3-7-12-10(5-1)9-11-6-2-4-8-13(11)12;1-2-4-6-5-3-1;1-2-4-5-3-1;;;;/h1-9H;1-2,5H,3-4,6H2;1-3H,4H2;1H4;2*1H;/q3*-1;;;;+2/p-2. The van der Waals surface area contributed by atoms with Crippen LogP contribution in [0, 0.1) is 12.5 Å². The average molecular weight is 490 g/mol. The van der Waals surface area contributed by atoms with Crippen LogP contribution in [0.1, 0.15) is 33.1 Å². The fourth-order valence-corrected chi connectivity index (χ4v) is 2.89. The number of rotatable bonds is 0. The molecule has 2 aliphatic carbocycles. The fraction of sp³-hybridized carbons (Fsp3) is 0.200. The summed E-state index contributed by atoms with van der Waals surface area (Å²) in [5, 5.41) is 5.39. The molecule has 0 amide bonds. The van der Waals surface area contributed by atoms with E-state index < -0.39 is 0 Å². The van der Waals surface area contributed by atoms with Crippen LogP contribution in [0.25, 0.3) is 21.5 Å². The van der Waals surface area contributed by atoms with Gasteiger partial charge in [-0.15, -0.1) is 52.2 Å². The molecule has 3 aromatic rings. The Hall–Kier alpha value is -1.01. The van der Waals surface area contributed by atoms with Gasteiger partial charge in [-0.1, -0.05) is 56.3 Å². The second-order valence-corrected chi connectivity index (χ2v) is 5.90. The first-order valence-electron chi connectivity index (χ1n) is 8.67. The van der Waals surface area contributed by atoms with E-state index in [4.69, 9.17) is 0 Å². The number of hydrogen-bond acceptors (Lipinski definition) is 0. The molecule has 3 aromatic carbocycles. The Morgan fingerprint density at radius 1 is 0.786 bits per heavy atom. The Morgan fingerprint density at radius 3 is 1.71 bits per heavy atom. The average Bonchev–Trinajstić information content (AvgIpc) is 3.35. The monoisotopic (exact) mass is 487 g/mol. The predicted molar refractivity (Wildman–Crippen MR) is 113 cm³/mol. The normalized spacial score (nSPS) is 12.9. The fourth-order valence-electron chi connectivity index (χ4n) is 2.89. The van der Waals surface area contributed by atoms with Crippen molar-refractivity contribution in [3.63, 3.8) is 0 Å². The van der Waals surface area contributed by atoms with Gasteiger partial charge in [0.05, 0.1) is 0 Å². The van der Waals surface area contributed by atoms with Crippen LogP contribution in [0.3, 0.4) is 0 Å². The summed E-state index contributed by atoms with van der Waals surface area (Å²) in [5.74, 6) is 0. The van der Waals surface area contributed by atoms with Crippen LogP contribution in [0.4, 0.5) is 0 Å². The third-order valence-corrected chi connectivity index (χ3v) is 4.12. The van der Waals surface area contributed by atoms with Gasteiger partial charge in [-0.25, -0.2) is 12.2 Å². The van der Waals surface area contributed by atoms with E-state index in [9.17, 15) is 0 Å². The van der Waals surface area contributed by atoms with E-state index in [1.165, 1.54) is 40.8 Å². The van der Waals surface area contributed by atoms with Crippen molar-refractivity contribution in [3.8, 4) is 0 Å². The molecule has 0 heterocycles. The van der Waals surface area contributed by atoms with E-state index in [2.05, 4.69) is 85.3 Å². The molecule has 0 spiro atoms. The summed E-state index contributed by atoms with van der Waals surface area (Å²) in [6, 6.07) is 19.3. The van der Waals surface area contributed by atoms with Crippen molar-refractivity contribution in [2.75, 3.05) is 0 Å². The first-order valence-corrected chi connectivity index (χ1v) is 8.67. The first-order chi connectivity index (χ1) is 11.9. The molecule has 5 rings (SSSR count). The van der Waals surface area contributed by atoms with Crippen molar-refractivity contribution in [2.24, 2.45) is 0 Å². The summed E-state index contributed by atoms with van der Waals surface area (Å²) in [4.78, 5) is 0. The minimum atomic E-state index is 0. The Kier molecular flexibility index (Phi) is 17.6. The van der Waals surface area contributed by atoms with Gasteiger partial charge < -0.3 is 31.2 Å². The first kappa shape index (κ1) is 29.2. The van der Waals surface area contributed by atoms with Gasteiger partial charge in [-0.05, 0) is 0 Å². The van der Waals surface area contributed by atoms with Crippen molar-refractivity contribution in [1.82, 2.24) is 0 Å². The minimum Gasteiger partial charge on any atom is -1.00 e. The zero-order valence-corrected chi connectivity index (χ0v) is 19.2. The van der Waals surface area contributed by atoms with Crippen LogP contribution >= 0.6 is 0 Å². The Morgan fingerprint density at radius 2 is 1.39 bits per heavy atom. The maximum atomic E-state index is 2.99. The van der Waals surface area contributed by atoms with E-state index in [1.54, 1.807) is 0 Å². The Labute approximate surface area is 202 Å². The van der Waals surface area contributed by atoms with Crippen molar-refractivity contribution in [1.29, 1.82) is 0 Å². The third kappa shape index (κ3) is 9.00. The summed E-state index contributed by atoms with van der Waals surface area (Å²) in [6.07, 6.45) is 20.5. The van der Waals surface area contributed by atoms with Crippen LogP contribution in [-0.2, 0) is 26.2 Å². The van der Waals surface area contributed by atoms with Crippen molar-refractivity contribution < 1.29 is 51.0 Å². The van der Waals surface area contributed by atoms with Gasteiger partial charge in [0.1, 0.15) is 0 Å². The molecule has 148 valence electrons. The Balaban J connectivity index is 0.